The number of nitrogens with zero attached hydrogens (tertiary/aromatic N) is 3. The van der Waals surface area contributed by atoms with Crippen LogP contribution >= 0.6 is 0 Å². The van der Waals surface area contributed by atoms with Gasteiger partial charge in [0.05, 0.1) is 16.9 Å². The van der Waals surface area contributed by atoms with Gasteiger partial charge in [-0.25, -0.2) is 18.3 Å². The molecule has 0 saturated heterocycles. The Hall–Kier alpha value is -3.61. The number of allylic oxidation sites excluding steroid dienone is 4. The van der Waals surface area contributed by atoms with Gasteiger partial charge in [0.25, 0.3) is 0 Å². The minimum atomic E-state index is -1.06. The van der Waals surface area contributed by atoms with Crippen LogP contribution in [0, 0.1) is 11.6 Å². The molecule has 0 amide bonds. The van der Waals surface area contributed by atoms with E-state index in [2.05, 4.69) is 15.1 Å². The summed E-state index contributed by atoms with van der Waals surface area (Å²) in [6, 6.07) is 7.56. The highest BCUT2D eigenvalue weighted by atomic mass is 19.2. The standard InChI is InChI=1S/C20H12F2N4O/c21-14-7-6-13-12(10-17(27)25-20(13)18(14)22)9-15-19(11-3-1-4-11)24-16-5-2-8-23-26(15)16/h1-8,10H,9H2,(H,25,27). The number of halogens is 2. The summed E-state index contributed by atoms with van der Waals surface area (Å²) in [6.45, 7) is 0. The second kappa shape index (κ2) is 5.70. The Morgan fingerprint density at radius 3 is 2.81 bits per heavy atom. The van der Waals surface area contributed by atoms with Crippen molar-refractivity contribution in [2.75, 3.05) is 0 Å². The zero-order valence-electron chi connectivity index (χ0n) is 13.9. The van der Waals surface area contributed by atoms with Gasteiger partial charge in [0.1, 0.15) is 0 Å². The minimum Gasteiger partial charge on any atom is -0.319 e. The summed E-state index contributed by atoms with van der Waals surface area (Å²) in [7, 11) is 0. The van der Waals surface area contributed by atoms with Gasteiger partial charge < -0.3 is 4.98 Å². The lowest BCUT2D eigenvalue weighted by molar-refractivity contribution is 0.515. The van der Waals surface area contributed by atoms with Crippen molar-refractivity contribution in [3.05, 3.63) is 93.7 Å². The maximum absolute atomic E-state index is 14.2. The SMILES string of the molecule is O=c1cc(Cc2c(C3=CC=C3)nc3cccnn23)c2ccc(F)c(F)c2[nH]1. The van der Waals surface area contributed by atoms with Crippen molar-refractivity contribution in [3.63, 3.8) is 0 Å². The van der Waals surface area contributed by atoms with Crippen molar-refractivity contribution >= 4 is 22.1 Å². The highest BCUT2D eigenvalue weighted by Crippen LogP contribution is 2.29. The monoisotopic (exact) mass is 362 g/mol. The molecule has 4 aromatic rings. The summed E-state index contributed by atoms with van der Waals surface area (Å²) in [5.74, 6) is -2.07. The number of hydrogen-bond acceptors (Lipinski definition) is 3. The number of aromatic amines is 1. The molecule has 27 heavy (non-hydrogen) atoms. The van der Waals surface area contributed by atoms with Gasteiger partial charge in [0, 0.05) is 29.6 Å². The topological polar surface area (TPSA) is 63.1 Å². The van der Waals surface area contributed by atoms with Crippen LogP contribution < -0.4 is 5.56 Å². The summed E-state index contributed by atoms with van der Waals surface area (Å²) in [5.41, 5.74) is 3.11. The predicted molar refractivity (Wildman–Crippen MR) is 97.4 cm³/mol. The highest BCUT2D eigenvalue weighted by molar-refractivity contribution is 5.84. The second-order valence-electron chi connectivity index (χ2n) is 6.30. The van der Waals surface area contributed by atoms with E-state index >= 15 is 0 Å². The maximum Gasteiger partial charge on any atom is 0.248 e. The molecule has 1 aromatic carbocycles. The van der Waals surface area contributed by atoms with E-state index in [9.17, 15) is 13.6 Å². The van der Waals surface area contributed by atoms with Gasteiger partial charge in [-0.1, -0.05) is 18.2 Å². The second-order valence-corrected chi connectivity index (χ2v) is 6.30. The molecular weight excluding hydrogens is 350 g/mol. The average Bonchev–Trinajstić information content (AvgIpc) is 2.95. The van der Waals surface area contributed by atoms with E-state index in [1.807, 2.05) is 24.3 Å². The number of aromatic nitrogens is 4. The number of nitrogens with one attached hydrogen (secondary N) is 1. The number of imidazole rings is 1. The summed E-state index contributed by atoms with van der Waals surface area (Å²) in [4.78, 5) is 19.1. The third-order valence-electron chi connectivity index (χ3n) is 4.66. The van der Waals surface area contributed by atoms with Crippen LogP contribution in [0.3, 0.4) is 0 Å². The molecule has 0 radical (unpaired) electrons. The number of pyridine rings is 1. The van der Waals surface area contributed by atoms with E-state index < -0.39 is 17.2 Å². The van der Waals surface area contributed by atoms with Gasteiger partial charge >= 0.3 is 0 Å². The normalized spacial score (nSPS) is 13.2. The fraction of sp³-hybridized carbons (Fsp3) is 0.0500. The van der Waals surface area contributed by atoms with Gasteiger partial charge in [-0.05, 0) is 29.8 Å². The third-order valence-corrected chi connectivity index (χ3v) is 4.66. The van der Waals surface area contributed by atoms with E-state index in [-0.39, 0.29) is 5.52 Å². The lowest BCUT2D eigenvalue weighted by atomic mass is 9.98. The minimum absolute atomic E-state index is 0.136. The average molecular weight is 362 g/mol. The van der Waals surface area contributed by atoms with Crippen molar-refractivity contribution in [2.24, 2.45) is 0 Å². The van der Waals surface area contributed by atoms with Gasteiger partial charge in [-0.3, -0.25) is 4.79 Å². The van der Waals surface area contributed by atoms with Crippen LogP contribution in [-0.2, 0) is 6.42 Å². The van der Waals surface area contributed by atoms with Crippen LogP contribution in [0.2, 0.25) is 0 Å². The third kappa shape index (κ3) is 2.39. The van der Waals surface area contributed by atoms with Crippen LogP contribution in [0.15, 0.2) is 59.6 Å². The summed E-state index contributed by atoms with van der Waals surface area (Å²) >= 11 is 0. The van der Waals surface area contributed by atoms with Crippen molar-refractivity contribution in [2.45, 2.75) is 6.42 Å². The van der Waals surface area contributed by atoms with Crippen LogP contribution in [-0.4, -0.2) is 19.6 Å². The van der Waals surface area contributed by atoms with E-state index in [0.29, 0.717) is 23.0 Å². The molecule has 0 fully saturated rings. The zero-order valence-corrected chi connectivity index (χ0v) is 13.9. The Morgan fingerprint density at radius 1 is 1.19 bits per heavy atom. The lowest BCUT2D eigenvalue weighted by Crippen LogP contribution is -2.10. The lowest BCUT2D eigenvalue weighted by Gasteiger charge is -2.10. The molecule has 0 unspecified atom stereocenters. The molecule has 7 heteroatoms. The Morgan fingerprint density at radius 2 is 2.04 bits per heavy atom. The smallest absolute Gasteiger partial charge is 0.248 e. The molecule has 3 heterocycles. The number of hydrogen-bond donors (Lipinski definition) is 1. The van der Waals surface area contributed by atoms with E-state index in [1.165, 1.54) is 12.1 Å². The molecule has 0 aliphatic heterocycles. The first-order valence-corrected chi connectivity index (χ1v) is 8.33. The van der Waals surface area contributed by atoms with E-state index in [0.717, 1.165) is 23.0 Å². The largest absolute Gasteiger partial charge is 0.319 e. The number of H-pyrrole nitrogens is 1. The van der Waals surface area contributed by atoms with Crippen molar-refractivity contribution in [1.29, 1.82) is 0 Å². The molecule has 1 N–H and O–H groups in total. The zero-order chi connectivity index (χ0) is 18.5. The van der Waals surface area contributed by atoms with Crippen LogP contribution in [0.25, 0.3) is 22.1 Å². The fourth-order valence-corrected chi connectivity index (χ4v) is 3.34. The van der Waals surface area contributed by atoms with Crippen molar-refractivity contribution < 1.29 is 8.78 Å². The molecule has 5 rings (SSSR count). The molecule has 5 nitrogen and oxygen atoms in total. The van der Waals surface area contributed by atoms with Crippen LogP contribution in [0.1, 0.15) is 17.0 Å². The molecule has 0 saturated carbocycles. The predicted octanol–water partition coefficient (Wildman–Crippen LogP) is 3.39. The van der Waals surface area contributed by atoms with Gasteiger partial charge in [-0.2, -0.15) is 5.10 Å². The van der Waals surface area contributed by atoms with Gasteiger partial charge in [0.15, 0.2) is 17.3 Å². The molecule has 1 aliphatic carbocycles. The summed E-state index contributed by atoms with van der Waals surface area (Å²) < 4.78 is 29.5. The van der Waals surface area contributed by atoms with Crippen molar-refractivity contribution in [3.8, 4) is 0 Å². The highest BCUT2D eigenvalue weighted by Gasteiger charge is 2.19. The summed E-state index contributed by atoms with van der Waals surface area (Å²) in [6.07, 6.45) is 7.74. The number of fused-ring (bicyclic) bond motifs is 2. The molecule has 0 bridgehead atoms. The Balaban J connectivity index is 1.75. The van der Waals surface area contributed by atoms with Crippen LogP contribution in [0.4, 0.5) is 8.78 Å². The number of benzene rings is 1. The molecular formula is C20H12F2N4O. The molecule has 0 atom stereocenters. The Labute approximate surface area is 151 Å². The first-order chi connectivity index (χ1) is 13.1. The van der Waals surface area contributed by atoms with E-state index in [4.69, 9.17) is 0 Å². The van der Waals surface area contributed by atoms with Crippen LogP contribution in [0.5, 0.6) is 0 Å². The summed E-state index contributed by atoms with van der Waals surface area (Å²) in [5, 5.41) is 4.80. The van der Waals surface area contributed by atoms with Gasteiger partial charge in [0.2, 0.25) is 5.56 Å². The molecule has 0 spiro atoms. The fourth-order valence-electron chi connectivity index (χ4n) is 3.34. The van der Waals surface area contributed by atoms with E-state index in [1.54, 1.807) is 16.8 Å². The molecule has 1 aliphatic rings. The first kappa shape index (κ1) is 15.6. The number of rotatable bonds is 3. The quantitative estimate of drug-likeness (QED) is 0.608. The Kier molecular flexibility index (Phi) is 3.30. The first-order valence-electron chi connectivity index (χ1n) is 8.33. The van der Waals surface area contributed by atoms with Gasteiger partial charge in [-0.15, -0.1) is 0 Å². The maximum atomic E-state index is 14.2. The molecule has 3 aromatic heterocycles. The molecule has 132 valence electrons. The Bertz CT molecular complexity index is 1350. The van der Waals surface area contributed by atoms with Crippen molar-refractivity contribution in [1.82, 2.24) is 19.6 Å².